The standard InChI is InChI=1S/C21H25NO5/c1-12-8-13(25-4)6-7-14(12)15-9-18-16(10-17(15)26-5)19(22-20(23)24)21(2,3)11-27-18/h6-10,19,22H,11H2,1-5H3,(H,23,24). The Morgan fingerprint density at radius 1 is 1.19 bits per heavy atom. The van der Waals surface area contributed by atoms with Gasteiger partial charge < -0.3 is 24.6 Å². The molecule has 27 heavy (non-hydrogen) atoms. The molecule has 0 aromatic heterocycles. The highest BCUT2D eigenvalue weighted by atomic mass is 16.5. The third-order valence-corrected chi connectivity index (χ3v) is 5.02. The zero-order chi connectivity index (χ0) is 19.8. The van der Waals surface area contributed by atoms with Gasteiger partial charge in [-0.25, -0.2) is 4.79 Å². The summed E-state index contributed by atoms with van der Waals surface area (Å²) in [5.74, 6) is 2.12. The molecule has 1 aliphatic rings. The molecule has 0 aliphatic carbocycles. The van der Waals surface area contributed by atoms with Crippen molar-refractivity contribution in [2.75, 3.05) is 20.8 Å². The van der Waals surface area contributed by atoms with Crippen LogP contribution >= 0.6 is 0 Å². The van der Waals surface area contributed by atoms with Crippen LogP contribution < -0.4 is 19.5 Å². The number of ether oxygens (including phenoxy) is 3. The van der Waals surface area contributed by atoms with Crippen molar-refractivity contribution in [3.8, 4) is 28.4 Å². The van der Waals surface area contributed by atoms with E-state index in [-0.39, 0.29) is 5.41 Å². The summed E-state index contributed by atoms with van der Waals surface area (Å²) in [6.07, 6.45) is -1.06. The first kappa shape index (κ1) is 18.9. The number of benzene rings is 2. The Hall–Kier alpha value is -2.89. The van der Waals surface area contributed by atoms with E-state index >= 15 is 0 Å². The average molecular weight is 371 g/mol. The number of rotatable bonds is 4. The Kier molecular flexibility index (Phi) is 4.91. The first-order valence-corrected chi connectivity index (χ1v) is 8.76. The second-order valence-electron chi connectivity index (χ2n) is 7.43. The third kappa shape index (κ3) is 3.52. The second-order valence-corrected chi connectivity index (χ2v) is 7.43. The molecule has 6 nitrogen and oxygen atoms in total. The molecule has 1 aliphatic heterocycles. The number of carbonyl (C=O) groups is 1. The molecule has 3 rings (SSSR count). The largest absolute Gasteiger partial charge is 0.497 e. The quantitative estimate of drug-likeness (QED) is 0.833. The van der Waals surface area contributed by atoms with Gasteiger partial charge in [0.1, 0.15) is 17.2 Å². The Bertz CT molecular complexity index is 875. The molecule has 1 atom stereocenters. The molecule has 6 heteroatoms. The van der Waals surface area contributed by atoms with Gasteiger partial charge in [0.15, 0.2) is 0 Å². The lowest BCUT2D eigenvalue weighted by Gasteiger charge is -2.39. The summed E-state index contributed by atoms with van der Waals surface area (Å²) in [5.41, 5.74) is 3.34. The summed E-state index contributed by atoms with van der Waals surface area (Å²) in [6, 6.07) is 9.26. The molecule has 0 saturated heterocycles. The molecule has 2 N–H and O–H groups in total. The molecule has 1 unspecified atom stereocenters. The van der Waals surface area contributed by atoms with Gasteiger partial charge in [0.2, 0.25) is 0 Å². The van der Waals surface area contributed by atoms with Gasteiger partial charge >= 0.3 is 6.09 Å². The number of carboxylic acid groups (broad SMARTS) is 1. The van der Waals surface area contributed by atoms with Crippen molar-refractivity contribution in [3.05, 3.63) is 41.5 Å². The predicted octanol–water partition coefficient (Wildman–Crippen LogP) is 4.41. The van der Waals surface area contributed by atoms with Crippen molar-refractivity contribution in [2.45, 2.75) is 26.8 Å². The predicted molar refractivity (Wildman–Crippen MR) is 103 cm³/mol. The number of fused-ring (bicyclic) bond motifs is 1. The zero-order valence-corrected chi connectivity index (χ0v) is 16.3. The Balaban J connectivity index is 2.14. The Morgan fingerprint density at radius 3 is 2.52 bits per heavy atom. The monoisotopic (exact) mass is 371 g/mol. The molecule has 1 heterocycles. The number of nitrogens with one attached hydrogen (secondary N) is 1. The van der Waals surface area contributed by atoms with Crippen LogP contribution in [0.3, 0.4) is 0 Å². The van der Waals surface area contributed by atoms with Gasteiger partial charge in [-0.1, -0.05) is 19.9 Å². The van der Waals surface area contributed by atoms with E-state index in [1.165, 1.54) is 0 Å². The number of aryl methyl sites for hydroxylation is 1. The van der Waals surface area contributed by atoms with Crippen molar-refractivity contribution in [1.82, 2.24) is 5.32 Å². The number of hydrogen-bond acceptors (Lipinski definition) is 4. The molecule has 0 spiro atoms. The fraction of sp³-hybridized carbons (Fsp3) is 0.381. The van der Waals surface area contributed by atoms with Crippen LogP contribution in [0.25, 0.3) is 11.1 Å². The number of hydrogen-bond donors (Lipinski definition) is 2. The summed E-state index contributed by atoms with van der Waals surface area (Å²) in [6.45, 7) is 6.38. The van der Waals surface area contributed by atoms with Crippen LogP contribution in [0.4, 0.5) is 4.79 Å². The molecule has 1 amide bonds. The van der Waals surface area contributed by atoms with Gasteiger partial charge in [-0.2, -0.15) is 0 Å². The van der Waals surface area contributed by atoms with Crippen LogP contribution in [0.2, 0.25) is 0 Å². The summed E-state index contributed by atoms with van der Waals surface area (Å²) in [7, 11) is 3.25. The maximum Gasteiger partial charge on any atom is 0.405 e. The molecule has 144 valence electrons. The minimum Gasteiger partial charge on any atom is -0.497 e. The second kappa shape index (κ2) is 7.02. The molecular formula is C21H25NO5. The lowest BCUT2D eigenvalue weighted by Crippen LogP contribution is -2.43. The third-order valence-electron chi connectivity index (χ3n) is 5.02. The van der Waals surface area contributed by atoms with Crippen LogP contribution in [-0.4, -0.2) is 32.0 Å². The fourth-order valence-electron chi connectivity index (χ4n) is 3.54. The molecule has 0 radical (unpaired) electrons. The van der Waals surface area contributed by atoms with Gasteiger partial charge in [-0.05, 0) is 42.3 Å². The van der Waals surface area contributed by atoms with E-state index in [9.17, 15) is 9.90 Å². The van der Waals surface area contributed by atoms with E-state index in [2.05, 4.69) is 5.32 Å². The first-order chi connectivity index (χ1) is 12.8. The first-order valence-electron chi connectivity index (χ1n) is 8.76. The molecule has 2 aromatic rings. The van der Waals surface area contributed by atoms with Crippen LogP contribution in [0.15, 0.2) is 30.3 Å². The minimum atomic E-state index is -1.06. The van der Waals surface area contributed by atoms with E-state index in [1.54, 1.807) is 14.2 Å². The van der Waals surface area contributed by atoms with Crippen molar-refractivity contribution >= 4 is 6.09 Å². The summed E-state index contributed by atoms with van der Waals surface area (Å²) in [5, 5.41) is 11.9. The maximum atomic E-state index is 11.3. The van der Waals surface area contributed by atoms with Crippen molar-refractivity contribution in [2.24, 2.45) is 5.41 Å². The zero-order valence-electron chi connectivity index (χ0n) is 16.3. The maximum absolute atomic E-state index is 11.3. The Labute approximate surface area is 159 Å². The highest BCUT2D eigenvalue weighted by molar-refractivity contribution is 5.77. The van der Waals surface area contributed by atoms with Gasteiger partial charge in [-0.3, -0.25) is 0 Å². The lowest BCUT2D eigenvalue weighted by atomic mass is 9.78. The van der Waals surface area contributed by atoms with E-state index in [0.717, 1.165) is 28.0 Å². The smallest absolute Gasteiger partial charge is 0.405 e. The number of amides is 1. The molecule has 0 bridgehead atoms. The number of methoxy groups -OCH3 is 2. The fourth-order valence-corrected chi connectivity index (χ4v) is 3.54. The molecule has 0 fully saturated rings. The normalized spacial score (nSPS) is 17.4. The lowest BCUT2D eigenvalue weighted by molar-refractivity contribution is 0.0993. The SMILES string of the molecule is COc1ccc(-c2cc3c(cc2OC)C(NC(=O)O)C(C)(C)CO3)c(C)c1. The van der Waals surface area contributed by atoms with Crippen molar-refractivity contribution < 1.29 is 24.1 Å². The molecule has 0 saturated carbocycles. The van der Waals surface area contributed by atoms with Crippen molar-refractivity contribution in [1.29, 1.82) is 0 Å². The topological polar surface area (TPSA) is 77.0 Å². The molecular weight excluding hydrogens is 346 g/mol. The van der Waals surface area contributed by atoms with Gasteiger partial charge in [0.05, 0.1) is 26.9 Å². The van der Waals surface area contributed by atoms with Crippen LogP contribution in [-0.2, 0) is 0 Å². The van der Waals surface area contributed by atoms with E-state index in [1.807, 2.05) is 51.1 Å². The highest BCUT2D eigenvalue weighted by Crippen LogP contribution is 2.47. The van der Waals surface area contributed by atoms with Crippen LogP contribution in [0, 0.1) is 12.3 Å². The van der Waals surface area contributed by atoms with Crippen LogP contribution in [0.5, 0.6) is 17.2 Å². The van der Waals surface area contributed by atoms with E-state index in [4.69, 9.17) is 14.2 Å². The van der Waals surface area contributed by atoms with Gasteiger partial charge in [-0.15, -0.1) is 0 Å². The highest BCUT2D eigenvalue weighted by Gasteiger charge is 2.39. The van der Waals surface area contributed by atoms with E-state index in [0.29, 0.717) is 18.1 Å². The summed E-state index contributed by atoms with van der Waals surface area (Å²) >= 11 is 0. The summed E-state index contributed by atoms with van der Waals surface area (Å²) < 4.78 is 16.9. The van der Waals surface area contributed by atoms with Gasteiger partial charge in [0, 0.05) is 16.5 Å². The summed E-state index contributed by atoms with van der Waals surface area (Å²) in [4.78, 5) is 11.3. The molecule has 2 aromatic carbocycles. The minimum absolute atomic E-state index is 0.381. The Morgan fingerprint density at radius 2 is 1.93 bits per heavy atom. The van der Waals surface area contributed by atoms with Crippen molar-refractivity contribution in [3.63, 3.8) is 0 Å². The van der Waals surface area contributed by atoms with Crippen LogP contribution in [0.1, 0.15) is 31.0 Å². The van der Waals surface area contributed by atoms with E-state index < -0.39 is 12.1 Å². The van der Waals surface area contributed by atoms with Gasteiger partial charge in [0.25, 0.3) is 0 Å². The average Bonchev–Trinajstić information content (AvgIpc) is 2.63.